The molecule has 9 nitrogen and oxygen atoms in total. The molecule has 1 atom stereocenters. The van der Waals surface area contributed by atoms with Crippen molar-refractivity contribution >= 4 is 45.9 Å². The first-order chi connectivity index (χ1) is 17.9. The molecule has 0 unspecified atom stereocenters. The molecule has 2 aromatic heterocycles. The standard InChI is InChI=1S/C26H26ClN3O6S/c1-5-23(24(31)28-19-11-15(27)8-9-20(19)33-2)37-26-29-18-13-22(35-4)21(34-3)12-17(18)25(32)30(26)14-16-7-6-10-36-16/h6-13,23H,5,14H2,1-4H3,(H,28,31)/t23-/m1/s1. The van der Waals surface area contributed by atoms with Crippen molar-refractivity contribution in [1.82, 2.24) is 9.55 Å². The summed E-state index contributed by atoms with van der Waals surface area (Å²) in [5, 5.41) is 3.49. The summed E-state index contributed by atoms with van der Waals surface area (Å²) >= 11 is 7.31. The third-order valence-electron chi connectivity index (χ3n) is 5.65. The van der Waals surface area contributed by atoms with Gasteiger partial charge in [0.15, 0.2) is 16.7 Å². The van der Waals surface area contributed by atoms with Crippen LogP contribution in [-0.4, -0.2) is 42.0 Å². The Balaban J connectivity index is 1.75. The lowest BCUT2D eigenvalue weighted by molar-refractivity contribution is -0.115. The van der Waals surface area contributed by atoms with Crippen molar-refractivity contribution in [2.45, 2.75) is 30.3 Å². The van der Waals surface area contributed by atoms with E-state index < -0.39 is 5.25 Å². The van der Waals surface area contributed by atoms with E-state index in [-0.39, 0.29) is 18.0 Å². The van der Waals surface area contributed by atoms with Crippen LogP contribution in [0.25, 0.3) is 10.9 Å². The maximum Gasteiger partial charge on any atom is 0.262 e. The number of ether oxygens (including phenoxy) is 3. The zero-order valence-corrected chi connectivity index (χ0v) is 22.3. The quantitative estimate of drug-likeness (QED) is 0.214. The van der Waals surface area contributed by atoms with Crippen LogP contribution in [0, 0.1) is 0 Å². The number of carbonyl (C=O) groups excluding carboxylic acids is 1. The lowest BCUT2D eigenvalue weighted by Gasteiger charge is -2.19. The highest BCUT2D eigenvalue weighted by atomic mass is 35.5. The third kappa shape index (κ3) is 5.70. The zero-order valence-electron chi connectivity index (χ0n) is 20.7. The van der Waals surface area contributed by atoms with E-state index in [9.17, 15) is 9.59 Å². The molecule has 1 amide bonds. The summed E-state index contributed by atoms with van der Waals surface area (Å²) in [4.78, 5) is 31.7. The van der Waals surface area contributed by atoms with E-state index in [0.717, 1.165) is 0 Å². The molecule has 37 heavy (non-hydrogen) atoms. The first-order valence-corrected chi connectivity index (χ1v) is 12.6. The summed E-state index contributed by atoms with van der Waals surface area (Å²) in [5.74, 6) is 1.64. The second-order valence-corrected chi connectivity index (χ2v) is 9.54. The molecule has 4 aromatic rings. The molecule has 0 saturated heterocycles. The first kappa shape index (κ1) is 26.4. The summed E-state index contributed by atoms with van der Waals surface area (Å²) in [6.45, 7) is 2.03. The van der Waals surface area contributed by atoms with Gasteiger partial charge in [0.1, 0.15) is 11.5 Å². The highest BCUT2D eigenvalue weighted by Crippen LogP contribution is 2.33. The number of aromatic nitrogens is 2. The van der Waals surface area contributed by atoms with Crippen LogP contribution in [0.1, 0.15) is 19.1 Å². The predicted molar refractivity (Wildman–Crippen MR) is 143 cm³/mol. The Morgan fingerprint density at radius 3 is 2.49 bits per heavy atom. The Hall–Kier alpha value is -3.63. The average Bonchev–Trinajstić information content (AvgIpc) is 3.42. The molecule has 2 aromatic carbocycles. The summed E-state index contributed by atoms with van der Waals surface area (Å²) in [5.41, 5.74) is 0.583. The van der Waals surface area contributed by atoms with Crippen LogP contribution >= 0.6 is 23.4 Å². The van der Waals surface area contributed by atoms with Gasteiger partial charge in [-0.05, 0) is 42.8 Å². The zero-order chi connectivity index (χ0) is 26.5. The van der Waals surface area contributed by atoms with Crippen LogP contribution < -0.4 is 25.1 Å². The van der Waals surface area contributed by atoms with Gasteiger partial charge in [0.05, 0.1) is 56.0 Å². The normalized spacial score (nSPS) is 11.8. The molecule has 0 bridgehead atoms. The fourth-order valence-electron chi connectivity index (χ4n) is 3.76. The number of rotatable bonds is 10. The number of hydrogen-bond acceptors (Lipinski definition) is 8. The molecule has 0 aliphatic carbocycles. The number of carbonyl (C=O) groups is 1. The molecular weight excluding hydrogens is 518 g/mol. The SMILES string of the molecule is CC[C@@H](Sc1nc2cc(OC)c(OC)cc2c(=O)n1Cc1ccco1)C(=O)Nc1cc(Cl)ccc1OC. The molecular formula is C26H26ClN3O6S. The second kappa shape index (κ2) is 11.6. The molecule has 11 heteroatoms. The van der Waals surface area contributed by atoms with Crippen LogP contribution in [0.2, 0.25) is 5.02 Å². The third-order valence-corrected chi connectivity index (χ3v) is 7.24. The van der Waals surface area contributed by atoms with E-state index in [4.69, 9.17) is 35.2 Å². The minimum Gasteiger partial charge on any atom is -0.495 e. The highest BCUT2D eigenvalue weighted by Gasteiger charge is 2.24. The van der Waals surface area contributed by atoms with Gasteiger partial charge >= 0.3 is 0 Å². The van der Waals surface area contributed by atoms with Gasteiger partial charge in [0.25, 0.3) is 5.56 Å². The second-order valence-electron chi connectivity index (χ2n) is 7.94. The van der Waals surface area contributed by atoms with Gasteiger partial charge in [-0.3, -0.25) is 14.2 Å². The van der Waals surface area contributed by atoms with Crippen molar-refractivity contribution in [2.24, 2.45) is 0 Å². The monoisotopic (exact) mass is 543 g/mol. The number of methoxy groups -OCH3 is 3. The Kier molecular flexibility index (Phi) is 8.30. The fraction of sp³-hybridized carbons (Fsp3) is 0.269. The summed E-state index contributed by atoms with van der Waals surface area (Å²) in [6.07, 6.45) is 2.01. The molecule has 0 radical (unpaired) electrons. The molecule has 0 spiro atoms. The minimum absolute atomic E-state index is 0.144. The van der Waals surface area contributed by atoms with E-state index in [2.05, 4.69) is 5.32 Å². The lowest BCUT2D eigenvalue weighted by Crippen LogP contribution is -2.28. The summed E-state index contributed by atoms with van der Waals surface area (Å²) in [6, 6.07) is 11.7. The molecule has 194 valence electrons. The van der Waals surface area contributed by atoms with Crippen LogP contribution in [0.5, 0.6) is 17.2 Å². The summed E-state index contributed by atoms with van der Waals surface area (Å²) < 4.78 is 23.1. The minimum atomic E-state index is -0.573. The van der Waals surface area contributed by atoms with Crippen molar-refractivity contribution in [3.8, 4) is 17.2 Å². The molecule has 2 heterocycles. The molecule has 0 saturated carbocycles. The van der Waals surface area contributed by atoms with Crippen molar-refractivity contribution in [1.29, 1.82) is 0 Å². The van der Waals surface area contributed by atoms with E-state index in [1.165, 1.54) is 43.9 Å². The Morgan fingerprint density at radius 2 is 1.84 bits per heavy atom. The highest BCUT2D eigenvalue weighted by molar-refractivity contribution is 8.00. The molecule has 0 aliphatic rings. The number of halogens is 1. The van der Waals surface area contributed by atoms with Crippen LogP contribution in [0.3, 0.4) is 0 Å². The number of nitrogens with zero attached hydrogens (tertiary/aromatic N) is 2. The van der Waals surface area contributed by atoms with Gasteiger partial charge in [-0.2, -0.15) is 0 Å². The number of thioether (sulfide) groups is 1. The van der Waals surface area contributed by atoms with Crippen LogP contribution in [0.4, 0.5) is 5.69 Å². The van der Waals surface area contributed by atoms with Gasteiger partial charge in [0.2, 0.25) is 5.91 Å². The smallest absolute Gasteiger partial charge is 0.262 e. The Bertz CT molecular complexity index is 1470. The summed E-state index contributed by atoms with van der Waals surface area (Å²) in [7, 11) is 4.53. The van der Waals surface area contributed by atoms with Crippen molar-refractivity contribution < 1.29 is 23.4 Å². The van der Waals surface area contributed by atoms with Gasteiger partial charge in [-0.1, -0.05) is 30.3 Å². The van der Waals surface area contributed by atoms with E-state index in [1.54, 1.807) is 42.5 Å². The molecule has 4 rings (SSSR count). The number of nitrogens with one attached hydrogen (secondary N) is 1. The lowest BCUT2D eigenvalue weighted by atomic mass is 10.2. The number of benzene rings is 2. The number of amides is 1. The molecule has 1 N–H and O–H groups in total. The maximum absolute atomic E-state index is 13.6. The van der Waals surface area contributed by atoms with Crippen molar-refractivity contribution in [2.75, 3.05) is 26.6 Å². The topological polar surface area (TPSA) is 105 Å². The molecule has 0 fully saturated rings. The van der Waals surface area contributed by atoms with Gasteiger partial charge < -0.3 is 23.9 Å². The maximum atomic E-state index is 13.6. The Morgan fingerprint density at radius 1 is 1.11 bits per heavy atom. The Labute approximate surface area is 222 Å². The molecule has 0 aliphatic heterocycles. The van der Waals surface area contributed by atoms with Crippen molar-refractivity contribution in [3.63, 3.8) is 0 Å². The van der Waals surface area contributed by atoms with Crippen LogP contribution in [0.15, 0.2) is 63.1 Å². The first-order valence-electron chi connectivity index (χ1n) is 11.4. The van der Waals surface area contributed by atoms with E-state index in [0.29, 0.717) is 56.2 Å². The van der Waals surface area contributed by atoms with E-state index in [1.807, 2.05) is 6.92 Å². The van der Waals surface area contributed by atoms with Crippen molar-refractivity contribution in [3.05, 3.63) is 69.9 Å². The fourth-order valence-corrected chi connectivity index (χ4v) is 4.94. The van der Waals surface area contributed by atoms with E-state index >= 15 is 0 Å². The van der Waals surface area contributed by atoms with Gasteiger partial charge in [-0.25, -0.2) is 4.98 Å². The van der Waals surface area contributed by atoms with Gasteiger partial charge in [-0.15, -0.1) is 0 Å². The number of fused-ring (bicyclic) bond motifs is 1. The number of anilines is 1. The predicted octanol–water partition coefficient (Wildman–Crippen LogP) is 5.23. The van der Waals surface area contributed by atoms with Crippen LogP contribution in [-0.2, 0) is 11.3 Å². The van der Waals surface area contributed by atoms with Gasteiger partial charge in [0, 0.05) is 11.1 Å². The number of hydrogen-bond donors (Lipinski definition) is 1. The average molecular weight is 544 g/mol. The number of furan rings is 1. The largest absolute Gasteiger partial charge is 0.495 e.